The monoisotopic (exact) mass is 367 g/mol. The lowest BCUT2D eigenvalue weighted by Gasteiger charge is -2.24. The third-order valence-corrected chi connectivity index (χ3v) is 3.40. The molecule has 0 spiro atoms. The van der Waals surface area contributed by atoms with Crippen LogP contribution in [0.5, 0.6) is 0 Å². The van der Waals surface area contributed by atoms with E-state index in [0.717, 1.165) is 5.56 Å². The summed E-state index contributed by atoms with van der Waals surface area (Å²) < 4.78 is 7.16. The summed E-state index contributed by atoms with van der Waals surface area (Å²) in [5, 5.41) is 0. The molecule has 0 atom stereocenters. The smallest absolute Gasteiger partial charge is 0.410 e. The van der Waals surface area contributed by atoms with E-state index in [9.17, 15) is 9.59 Å². The number of carbonyl (C=O) groups is 1. The second kappa shape index (κ2) is 6.08. The third-order valence-electron chi connectivity index (χ3n) is 2.86. The maximum absolute atomic E-state index is 12.0. The number of fused-ring (bicyclic) bond motifs is 1. The zero-order valence-electron chi connectivity index (χ0n) is 13.0. The molecule has 7 heteroatoms. The van der Waals surface area contributed by atoms with Crippen LogP contribution in [-0.2, 0) is 11.3 Å². The van der Waals surface area contributed by atoms with Crippen molar-refractivity contribution in [3.63, 3.8) is 0 Å². The van der Waals surface area contributed by atoms with Crippen molar-refractivity contribution in [2.75, 3.05) is 7.05 Å². The van der Waals surface area contributed by atoms with Crippen LogP contribution in [0.25, 0.3) is 5.65 Å². The Labute approximate surface area is 136 Å². The summed E-state index contributed by atoms with van der Waals surface area (Å²) >= 11 is 3.16. The highest BCUT2D eigenvalue weighted by molar-refractivity contribution is 9.10. The van der Waals surface area contributed by atoms with Gasteiger partial charge in [-0.3, -0.25) is 9.20 Å². The topological polar surface area (TPSA) is 63.9 Å². The summed E-state index contributed by atoms with van der Waals surface area (Å²) in [4.78, 5) is 29.5. The molecule has 0 saturated heterocycles. The average molecular weight is 368 g/mol. The lowest BCUT2D eigenvalue weighted by molar-refractivity contribution is 0.0285. The molecular weight excluding hydrogens is 350 g/mol. The molecule has 0 saturated carbocycles. The highest BCUT2D eigenvalue weighted by atomic mass is 79.9. The van der Waals surface area contributed by atoms with Crippen LogP contribution in [0.15, 0.2) is 33.8 Å². The molecule has 0 aliphatic carbocycles. The fraction of sp³-hybridized carbons (Fsp3) is 0.400. The van der Waals surface area contributed by atoms with Gasteiger partial charge >= 0.3 is 6.09 Å². The predicted molar refractivity (Wildman–Crippen MR) is 86.9 cm³/mol. The van der Waals surface area contributed by atoms with E-state index in [1.54, 1.807) is 25.4 Å². The summed E-state index contributed by atoms with van der Waals surface area (Å²) in [5.41, 5.74) is 0.693. The molecule has 2 rings (SSSR count). The molecular formula is C15H18BrN3O3. The van der Waals surface area contributed by atoms with E-state index in [-0.39, 0.29) is 5.56 Å². The third kappa shape index (κ3) is 3.85. The first kappa shape index (κ1) is 16.5. The van der Waals surface area contributed by atoms with Crippen LogP contribution >= 0.6 is 15.9 Å². The fourth-order valence-electron chi connectivity index (χ4n) is 1.87. The molecule has 0 aliphatic heterocycles. The van der Waals surface area contributed by atoms with E-state index < -0.39 is 11.7 Å². The molecule has 1 amide bonds. The van der Waals surface area contributed by atoms with Crippen LogP contribution < -0.4 is 5.56 Å². The Morgan fingerprint density at radius 2 is 2.14 bits per heavy atom. The standard InChI is InChI=1S/C15H18BrN3O3/c1-15(2,3)22-14(21)18(4)9-10-5-6-19-12(7-10)17-8-11(16)13(19)20/h5-8H,9H2,1-4H3. The molecule has 0 aliphatic rings. The van der Waals surface area contributed by atoms with Gasteiger partial charge in [-0.25, -0.2) is 9.78 Å². The second-order valence-electron chi connectivity index (χ2n) is 6.01. The maximum atomic E-state index is 12.0. The molecule has 0 radical (unpaired) electrons. The van der Waals surface area contributed by atoms with Gasteiger partial charge in [-0.05, 0) is 54.4 Å². The van der Waals surface area contributed by atoms with Crippen LogP contribution in [0.4, 0.5) is 4.79 Å². The number of nitrogens with zero attached hydrogens (tertiary/aromatic N) is 3. The van der Waals surface area contributed by atoms with Gasteiger partial charge in [-0.1, -0.05) is 0 Å². The lowest BCUT2D eigenvalue weighted by atomic mass is 10.2. The van der Waals surface area contributed by atoms with Crippen molar-refractivity contribution >= 4 is 27.7 Å². The molecule has 22 heavy (non-hydrogen) atoms. The summed E-state index contributed by atoms with van der Waals surface area (Å²) in [7, 11) is 1.67. The number of hydrogen-bond donors (Lipinski definition) is 0. The van der Waals surface area contributed by atoms with E-state index in [1.165, 1.54) is 15.5 Å². The van der Waals surface area contributed by atoms with Crippen molar-refractivity contribution in [3.8, 4) is 0 Å². The normalized spacial score (nSPS) is 11.5. The van der Waals surface area contributed by atoms with E-state index in [1.807, 2.05) is 20.8 Å². The first-order chi connectivity index (χ1) is 10.2. The molecule has 6 nitrogen and oxygen atoms in total. The number of pyridine rings is 1. The molecule has 0 aromatic carbocycles. The Morgan fingerprint density at radius 3 is 2.77 bits per heavy atom. The summed E-state index contributed by atoms with van der Waals surface area (Å²) in [6.45, 7) is 5.84. The summed E-state index contributed by atoms with van der Waals surface area (Å²) in [6.07, 6.45) is 2.72. The Kier molecular flexibility index (Phi) is 4.55. The highest BCUT2D eigenvalue weighted by Gasteiger charge is 2.19. The molecule has 118 valence electrons. The van der Waals surface area contributed by atoms with E-state index in [4.69, 9.17) is 4.74 Å². The van der Waals surface area contributed by atoms with E-state index in [0.29, 0.717) is 16.7 Å². The van der Waals surface area contributed by atoms with Crippen LogP contribution in [0.2, 0.25) is 0 Å². The molecule has 0 fully saturated rings. The van der Waals surface area contributed by atoms with Gasteiger partial charge in [0.25, 0.3) is 5.56 Å². The van der Waals surface area contributed by atoms with Crippen molar-refractivity contribution in [2.24, 2.45) is 0 Å². The number of halogens is 1. The van der Waals surface area contributed by atoms with E-state index >= 15 is 0 Å². The predicted octanol–water partition coefficient (Wildman–Crippen LogP) is 2.82. The van der Waals surface area contributed by atoms with E-state index in [2.05, 4.69) is 20.9 Å². The van der Waals surface area contributed by atoms with Crippen LogP contribution in [-0.4, -0.2) is 33.0 Å². The van der Waals surface area contributed by atoms with Crippen molar-refractivity contribution in [1.29, 1.82) is 0 Å². The largest absolute Gasteiger partial charge is 0.444 e. The summed E-state index contributed by atoms with van der Waals surface area (Å²) in [6, 6.07) is 3.55. The number of hydrogen-bond acceptors (Lipinski definition) is 4. The quantitative estimate of drug-likeness (QED) is 0.818. The van der Waals surface area contributed by atoms with Crippen molar-refractivity contribution in [1.82, 2.24) is 14.3 Å². The maximum Gasteiger partial charge on any atom is 0.410 e. The zero-order valence-corrected chi connectivity index (χ0v) is 14.5. The van der Waals surface area contributed by atoms with Gasteiger partial charge in [0.2, 0.25) is 0 Å². The van der Waals surface area contributed by atoms with Crippen LogP contribution in [0.3, 0.4) is 0 Å². The van der Waals surface area contributed by atoms with Gasteiger partial charge < -0.3 is 9.64 Å². The van der Waals surface area contributed by atoms with Gasteiger partial charge in [0.05, 0.1) is 0 Å². The van der Waals surface area contributed by atoms with Gasteiger partial charge in [0.15, 0.2) is 0 Å². The number of rotatable bonds is 2. The first-order valence-corrected chi connectivity index (χ1v) is 7.56. The van der Waals surface area contributed by atoms with Crippen LogP contribution in [0.1, 0.15) is 26.3 Å². The van der Waals surface area contributed by atoms with Gasteiger partial charge in [-0.2, -0.15) is 0 Å². The minimum atomic E-state index is -0.532. The molecule has 2 aromatic heterocycles. The number of carbonyl (C=O) groups excluding carboxylic acids is 1. The SMILES string of the molecule is CN(Cc1ccn2c(=O)c(Br)cnc2c1)C(=O)OC(C)(C)C. The molecule has 2 heterocycles. The number of amides is 1. The van der Waals surface area contributed by atoms with Crippen LogP contribution in [0, 0.1) is 0 Å². The minimum absolute atomic E-state index is 0.169. The summed E-state index contributed by atoms with van der Waals surface area (Å²) in [5.74, 6) is 0. The molecule has 0 N–H and O–H groups in total. The Morgan fingerprint density at radius 1 is 1.45 bits per heavy atom. The highest BCUT2D eigenvalue weighted by Crippen LogP contribution is 2.12. The minimum Gasteiger partial charge on any atom is -0.444 e. The van der Waals surface area contributed by atoms with Crippen molar-refractivity contribution < 1.29 is 9.53 Å². The van der Waals surface area contributed by atoms with Gasteiger partial charge in [0, 0.05) is 26.0 Å². The molecule has 0 bridgehead atoms. The van der Waals surface area contributed by atoms with Gasteiger partial charge in [-0.15, -0.1) is 0 Å². The average Bonchev–Trinajstić information content (AvgIpc) is 2.41. The fourth-order valence-corrected chi connectivity index (χ4v) is 2.16. The first-order valence-electron chi connectivity index (χ1n) is 6.77. The van der Waals surface area contributed by atoms with Gasteiger partial charge in [0.1, 0.15) is 15.7 Å². The van der Waals surface area contributed by atoms with Crippen molar-refractivity contribution in [2.45, 2.75) is 32.9 Å². The lowest BCUT2D eigenvalue weighted by Crippen LogP contribution is -2.33. The molecule has 0 unspecified atom stereocenters. The molecule has 2 aromatic rings. The second-order valence-corrected chi connectivity index (χ2v) is 6.87. The van der Waals surface area contributed by atoms with Crippen molar-refractivity contribution in [3.05, 3.63) is 44.9 Å². The zero-order chi connectivity index (χ0) is 16.5. The Bertz CT molecular complexity index is 765. The number of ether oxygens (including phenoxy) is 1. The number of aromatic nitrogens is 2. The Hall–Kier alpha value is -1.89. The Balaban J connectivity index is 2.20.